The number of likely N-dealkylation sites (N-methyl/N-ethyl adjacent to an activating group) is 1. The summed E-state index contributed by atoms with van der Waals surface area (Å²) in [6.07, 6.45) is 0. The zero-order valence-corrected chi connectivity index (χ0v) is 11.1. The van der Waals surface area contributed by atoms with Crippen LogP contribution in [0.25, 0.3) is 10.9 Å². The van der Waals surface area contributed by atoms with E-state index in [2.05, 4.69) is 15.7 Å². The lowest BCUT2D eigenvalue weighted by molar-refractivity contribution is -0.119. The van der Waals surface area contributed by atoms with Crippen LogP contribution in [0.5, 0.6) is 0 Å². The van der Waals surface area contributed by atoms with Gasteiger partial charge in [0.1, 0.15) is 0 Å². The number of aromatic nitrogens is 2. The smallest absolute Gasteiger partial charge is 0.276 e. The van der Waals surface area contributed by atoms with Gasteiger partial charge in [-0.15, -0.1) is 0 Å². The number of fused-ring (bicyclic) bond motifs is 1. The van der Waals surface area contributed by atoms with Gasteiger partial charge in [0.05, 0.1) is 12.1 Å². The van der Waals surface area contributed by atoms with Gasteiger partial charge in [-0.3, -0.25) is 19.1 Å². The molecule has 1 aromatic carbocycles. The molecular weight excluding hydrogens is 260 g/mol. The van der Waals surface area contributed by atoms with Crippen molar-refractivity contribution in [3.05, 3.63) is 40.2 Å². The van der Waals surface area contributed by atoms with Crippen molar-refractivity contribution in [2.75, 3.05) is 13.6 Å². The summed E-state index contributed by atoms with van der Waals surface area (Å²) >= 11 is 0. The van der Waals surface area contributed by atoms with Crippen LogP contribution in [0.1, 0.15) is 10.5 Å². The van der Waals surface area contributed by atoms with Crippen LogP contribution in [0.15, 0.2) is 29.1 Å². The van der Waals surface area contributed by atoms with Gasteiger partial charge < -0.3 is 10.6 Å². The zero-order chi connectivity index (χ0) is 14.7. The molecule has 0 saturated carbocycles. The fraction of sp³-hybridized carbons (Fsp3) is 0.231. The van der Waals surface area contributed by atoms with Gasteiger partial charge in [-0.05, 0) is 12.1 Å². The number of nitrogens with one attached hydrogen (secondary N) is 2. The second kappa shape index (κ2) is 5.52. The third-order valence-corrected chi connectivity index (χ3v) is 2.87. The lowest BCUT2D eigenvalue weighted by atomic mass is 10.2. The lowest BCUT2D eigenvalue weighted by Crippen LogP contribution is -2.38. The van der Waals surface area contributed by atoms with Crippen LogP contribution >= 0.6 is 0 Å². The molecule has 0 fully saturated rings. The lowest BCUT2D eigenvalue weighted by Gasteiger charge is -2.07. The first kappa shape index (κ1) is 13.7. The second-order valence-corrected chi connectivity index (χ2v) is 4.17. The first-order valence-electron chi connectivity index (χ1n) is 5.99. The Labute approximate surface area is 114 Å². The van der Waals surface area contributed by atoms with Crippen LogP contribution in [0, 0.1) is 0 Å². The van der Waals surface area contributed by atoms with E-state index >= 15 is 0 Å². The largest absolute Gasteiger partial charge is 0.358 e. The fourth-order valence-electron chi connectivity index (χ4n) is 1.81. The van der Waals surface area contributed by atoms with Gasteiger partial charge in [-0.25, -0.2) is 0 Å². The molecule has 0 bridgehead atoms. The molecule has 2 rings (SSSR count). The molecule has 0 radical (unpaired) electrons. The third kappa shape index (κ3) is 2.51. The highest BCUT2D eigenvalue weighted by molar-refractivity contribution is 5.97. The topological polar surface area (TPSA) is 93.1 Å². The Bertz CT molecular complexity index is 736. The SMILES string of the molecule is CNC(=O)CNC(=O)c1nn(C)c2ccccc2c1=O. The number of carbonyl (C=O) groups excluding carboxylic acids is 2. The third-order valence-electron chi connectivity index (χ3n) is 2.87. The average Bonchev–Trinajstić information content (AvgIpc) is 2.48. The molecule has 2 amide bonds. The molecule has 7 nitrogen and oxygen atoms in total. The predicted molar refractivity (Wildman–Crippen MR) is 73.4 cm³/mol. The van der Waals surface area contributed by atoms with Crippen molar-refractivity contribution in [1.82, 2.24) is 20.4 Å². The number of para-hydroxylation sites is 1. The summed E-state index contributed by atoms with van der Waals surface area (Å²) in [5, 5.41) is 9.10. The van der Waals surface area contributed by atoms with Crippen molar-refractivity contribution in [2.45, 2.75) is 0 Å². The number of hydrogen-bond donors (Lipinski definition) is 2. The molecule has 1 heterocycles. The summed E-state index contributed by atoms with van der Waals surface area (Å²) in [6.45, 7) is -0.201. The first-order valence-corrected chi connectivity index (χ1v) is 5.99. The maximum absolute atomic E-state index is 12.2. The van der Waals surface area contributed by atoms with Crippen LogP contribution in [0.3, 0.4) is 0 Å². The van der Waals surface area contributed by atoms with Gasteiger partial charge in [-0.1, -0.05) is 12.1 Å². The van der Waals surface area contributed by atoms with Gasteiger partial charge in [0.25, 0.3) is 5.91 Å². The Morgan fingerprint density at radius 2 is 2.00 bits per heavy atom. The van der Waals surface area contributed by atoms with E-state index in [0.29, 0.717) is 10.9 Å². The van der Waals surface area contributed by atoms with Crippen molar-refractivity contribution in [1.29, 1.82) is 0 Å². The molecule has 0 saturated heterocycles. The van der Waals surface area contributed by atoms with Crippen LogP contribution in [0.4, 0.5) is 0 Å². The minimum atomic E-state index is -0.667. The molecule has 7 heteroatoms. The Hall–Kier alpha value is -2.70. The molecule has 0 atom stereocenters. The highest BCUT2D eigenvalue weighted by atomic mass is 16.2. The maximum Gasteiger partial charge on any atom is 0.276 e. The molecule has 0 aliphatic rings. The number of benzene rings is 1. The minimum Gasteiger partial charge on any atom is -0.358 e. The number of rotatable bonds is 3. The van der Waals surface area contributed by atoms with Crippen LogP contribution < -0.4 is 16.1 Å². The number of carbonyl (C=O) groups is 2. The van der Waals surface area contributed by atoms with Gasteiger partial charge in [0.2, 0.25) is 11.3 Å². The summed E-state index contributed by atoms with van der Waals surface area (Å²) in [6, 6.07) is 6.88. The van der Waals surface area contributed by atoms with Crippen LogP contribution in [-0.4, -0.2) is 35.2 Å². The summed E-state index contributed by atoms with van der Waals surface area (Å²) in [4.78, 5) is 35.2. The molecule has 0 unspecified atom stereocenters. The summed E-state index contributed by atoms with van der Waals surface area (Å²) in [7, 11) is 3.11. The van der Waals surface area contributed by atoms with Gasteiger partial charge in [0, 0.05) is 19.5 Å². The van der Waals surface area contributed by atoms with Crippen LogP contribution in [-0.2, 0) is 11.8 Å². The Kier molecular flexibility index (Phi) is 3.79. The number of nitrogens with zero attached hydrogens (tertiary/aromatic N) is 2. The van der Waals surface area contributed by atoms with Crippen molar-refractivity contribution in [3.8, 4) is 0 Å². The quantitative estimate of drug-likeness (QED) is 0.782. The standard InChI is InChI=1S/C13H14N4O3/c1-14-10(18)7-15-13(20)11-12(19)8-5-3-4-6-9(8)17(2)16-11/h3-6H,7H2,1-2H3,(H,14,18)(H,15,20). The highest BCUT2D eigenvalue weighted by Gasteiger charge is 2.16. The average molecular weight is 274 g/mol. The van der Waals surface area contributed by atoms with Gasteiger partial charge >= 0.3 is 0 Å². The van der Waals surface area contributed by atoms with Gasteiger partial charge in [-0.2, -0.15) is 5.10 Å². The first-order chi connectivity index (χ1) is 9.54. The van der Waals surface area contributed by atoms with E-state index in [9.17, 15) is 14.4 Å². The zero-order valence-electron chi connectivity index (χ0n) is 11.1. The minimum absolute atomic E-state index is 0.201. The van der Waals surface area contributed by atoms with E-state index in [1.54, 1.807) is 31.3 Å². The molecule has 1 aromatic heterocycles. The summed E-state index contributed by atoms with van der Waals surface area (Å²) in [5.41, 5.74) is -0.0384. The van der Waals surface area contributed by atoms with E-state index in [4.69, 9.17) is 0 Å². The molecular formula is C13H14N4O3. The molecule has 20 heavy (non-hydrogen) atoms. The fourth-order valence-corrected chi connectivity index (χ4v) is 1.81. The van der Waals surface area contributed by atoms with E-state index < -0.39 is 11.3 Å². The van der Waals surface area contributed by atoms with E-state index in [0.717, 1.165) is 0 Å². The second-order valence-electron chi connectivity index (χ2n) is 4.17. The molecule has 0 aliphatic carbocycles. The summed E-state index contributed by atoms with van der Waals surface area (Å²) in [5.74, 6) is -1.02. The molecule has 2 N–H and O–H groups in total. The number of amides is 2. The van der Waals surface area contributed by atoms with Gasteiger partial charge in [0.15, 0.2) is 5.69 Å². The monoisotopic (exact) mass is 274 g/mol. The molecule has 0 aliphatic heterocycles. The van der Waals surface area contributed by atoms with E-state index in [1.807, 2.05) is 0 Å². The molecule has 104 valence electrons. The van der Waals surface area contributed by atoms with E-state index in [1.165, 1.54) is 11.7 Å². The number of aryl methyl sites for hydroxylation is 1. The number of hydrogen-bond acceptors (Lipinski definition) is 4. The summed E-state index contributed by atoms with van der Waals surface area (Å²) < 4.78 is 1.46. The normalized spacial score (nSPS) is 10.3. The van der Waals surface area contributed by atoms with Crippen molar-refractivity contribution in [2.24, 2.45) is 7.05 Å². The highest BCUT2D eigenvalue weighted by Crippen LogP contribution is 2.07. The molecule has 2 aromatic rings. The Morgan fingerprint density at radius 3 is 2.70 bits per heavy atom. The van der Waals surface area contributed by atoms with Crippen molar-refractivity contribution in [3.63, 3.8) is 0 Å². The van der Waals surface area contributed by atoms with Crippen molar-refractivity contribution >= 4 is 22.7 Å². The molecule has 0 spiro atoms. The Morgan fingerprint density at radius 1 is 1.30 bits per heavy atom. The maximum atomic E-state index is 12.2. The van der Waals surface area contributed by atoms with Crippen molar-refractivity contribution < 1.29 is 9.59 Å². The Balaban J connectivity index is 2.40. The van der Waals surface area contributed by atoms with Crippen LogP contribution in [0.2, 0.25) is 0 Å². The van der Waals surface area contributed by atoms with E-state index in [-0.39, 0.29) is 18.1 Å². The predicted octanol–water partition coefficient (Wildman–Crippen LogP) is -0.591.